The Hall–Kier alpha value is -1.77. The van der Waals surface area contributed by atoms with Gasteiger partial charge in [0.05, 0.1) is 0 Å². The maximum atomic E-state index is 11.8. The number of hydrogen-bond acceptors (Lipinski definition) is 1. The highest BCUT2D eigenvalue weighted by Gasteiger charge is 2.10. The number of rotatable bonds is 2. The quantitative estimate of drug-likeness (QED) is 0.845. The summed E-state index contributed by atoms with van der Waals surface area (Å²) in [5.74, 6) is 0.503. The third-order valence-electron chi connectivity index (χ3n) is 2.92. The second-order valence-electron chi connectivity index (χ2n) is 4.88. The van der Waals surface area contributed by atoms with Crippen molar-refractivity contribution in [2.24, 2.45) is 0 Å². The van der Waals surface area contributed by atoms with E-state index in [1.165, 1.54) is 5.69 Å². The third-order valence-corrected chi connectivity index (χ3v) is 2.92. The van der Waals surface area contributed by atoms with Gasteiger partial charge in [-0.05, 0) is 29.5 Å². The van der Waals surface area contributed by atoms with E-state index in [4.69, 9.17) is 0 Å². The first-order valence-electron chi connectivity index (χ1n) is 5.83. The molecule has 0 saturated carbocycles. The zero-order chi connectivity index (χ0) is 12.6. The van der Waals surface area contributed by atoms with Gasteiger partial charge in [0.2, 0.25) is 0 Å². The molecule has 0 bridgehead atoms. The molecule has 0 radical (unpaired) electrons. The van der Waals surface area contributed by atoms with E-state index >= 15 is 0 Å². The molecule has 1 N–H and O–H groups in total. The highest BCUT2D eigenvalue weighted by molar-refractivity contribution is 5.97. The summed E-state index contributed by atoms with van der Waals surface area (Å²) >= 11 is 0. The van der Waals surface area contributed by atoms with Crippen molar-refractivity contribution < 1.29 is 4.79 Å². The van der Waals surface area contributed by atoms with E-state index in [9.17, 15) is 4.79 Å². The molecular weight excluding hydrogens is 212 g/mol. The predicted molar refractivity (Wildman–Crippen MR) is 70.4 cm³/mol. The normalized spacial score (nSPS) is 11.1. The highest BCUT2D eigenvalue weighted by atomic mass is 16.2. The zero-order valence-electron chi connectivity index (χ0n) is 10.7. The number of nitrogens with one attached hydrogen (secondary N) is 1. The number of aromatic amines is 1. The van der Waals surface area contributed by atoms with Crippen LogP contribution in [0.1, 0.15) is 35.8 Å². The summed E-state index contributed by atoms with van der Waals surface area (Å²) in [5, 5.41) is 1.16. The molecule has 2 aromatic rings. The fourth-order valence-electron chi connectivity index (χ4n) is 1.85. The van der Waals surface area contributed by atoms with E-state index in [0.717, 1.165) is 16.5 Å². The molecule has 0 aliphatic rings. The molecule has 0 fully saturated rings. The van der Waals surface area contributed by atoms with E-state index < -0.39 is 0 Å². The van der Waals surface area contributed by atoms with Crippen molar-refractivity contribution in [2.75, 3.05) is 14.1 Å². The second kappa shape index (κ2) is 4.24. The fourth-order valence-corrected chi connectivity index (χ4v) is 1.85. The van der Waals surface area contributed by atoms with Gasteiger partial charge in [0.1, 0.15) is 0 Å². The number of benzene rings is 1. The molecule has 90 valence electrons. The molecule has 0 saturated heterocycles. The van der Waals surface area contributed by atoms with Gasteiger partial charge in [-0.1, -0.05) is 19.9 Å². The Morgan fingerprint density at radius 2 is 1.94 bits per heavy atom. The van der Waals surface area contributed by atoms with Crippen molar-refractivity contribution >= 4 is 16.8 Å². The summed E-state index contributed by atoms with van der Waals surface area (Å²) in [6.45, 7) is 4.30. The van der Waals surface area contributed by atoms with Gasteiger partial charge in [-0.3, -0.25) is 4.79 Å². The summed E-state index contributed by atoms with van der Waals surface area (Å²) in [5.41, 5.74) is 2.95. The van der Waals surface area contributed by atoms with Gasteiger partial charge >= 0.3 is 0 Å². The van der Waals surface area contributed by atoms with Gasteiger partial charge in [-0.25, -0.2) is 0 Å². The number of H-pyrrole nitrogens is 1. The van der Waals surface area contributed by atoms with E-state index in [2.05, 4.69) is 24.9 Å². The Labute approximate surface area is 101 Å². The van der Waals surface area contributed by atoms with E-state index in [1.54, 1.807) is 19.0 Å². The van der Waals surface area contributed by atoms with Gasteiger partial charge in [-0.2, -0.15) is 0 Å². The second-order valence-corrected chi connectivity index (χ2v) is 4.88. The lowest BCUT2D eigenvalue weighted by atomic mass is 10.1. The van der Waals surface area contributed by atoms with Crippen LogP contribution < -0.4 is 0 Å². The van der Waals surface area contributed by atoms with Crippen LogP contribution >= 0.6 is 0 Å². The maximum Gasteiger partial charge on any atom is 0.253 e. The Balaban J connectivity index is 2.47. The maximum absolute atomic E-state index is 11.8. The lowest BCUT2D eigenvalue weighted by Gasteiger charge is -2.09. The number of fused-ring (bicyclic) bond motifs is 1. The summed E-state index contributed by atoms with van der Waals surface area (Å²) in [6.07, 6.45) is 0. The number of carbonyl (C=O) groups is 1. The molecule has 3 heteroatoms. The van der Waals surface area contributed by atoms with Crippen molar-refractivity contribution in [1.29, 1.82) is 0 Å². The van der Waals surface area contributed by atoms with Gasteiger partial charge in [-0.15, -0.1) is 0 Å². The minimum Gasteiger partial charge on any atom is -0.358 e. The standard InChI is InChI=1S/C14H18N2O/c1-9(2)12-7-10-5-6-11(8-13(10)15-12)14(17)16(3)4/h5-9,15H,1-4H3. The van der Waals surface area contributed by atoms with E-state index in [-0.39, 0.29) is 5.91 Å². The molecule has 1 aromatic carbocycles. The van der Waals surface area contributed by atoms with Crippen molar-refractivity contribution in [2.45, 2.75) is 19.8 Å². The number of carbonyl (C=O) groups excluding carboxylic acids is 1. The molecular formula is C14H18N2O. The molecule has 3 nitrogen and oxygen atoms in total. The Bertz CT molecular complexity index is 552. The molecule has 1 heterocycles. The van der Waals surface area contributed by atoms with Crippen molar-refractivity contribution in [1.82, 2.24) is 9.88 Å². The van der Waals surface area contributed by atoms with Gasteiger partial charge in [0.25, 0.3) is 5.91 Å². The topological polar surface area (TPSA) is 36.1 Å². The van der Waals surface area contributed by atoms with Crippen LogP contribution in [0.25, 0.3) is 10.9 Å². The molecule has 0 spiro atoms. The number of nitrogens with zero attached hydrogens (tertiary/aromatic N) is 1. The minimum atomic E-state index is 0.0348. The SMILES string of the molecule is CC(C)c1cc2ccc(C(=O)N(C)C)cc2[nH]1. The van der Waals surface area contributed by atoms with Crippen molar-refractivity contribution in [3.63, 3.8) is 0 Å². The van der Waals surface area contributed by atoms with Crippen LogP contribution in [0.15, 0.2) is 24.3 Å². The summed E-state index contributed by atoms with van der Waals surface area (Å²) < 4.78 is 0. The van der Waals surface area contributed by atoms with Crippen LogP contribution in [0.2, 0.25) is 0 Å². The van der Waals surface area contributed by atoms with Crippen molar-refractivity contribution in [3.8, 4) is 0 Å². The molecule has 0 aliphatic carbocycles. The molecule has 1 amide bonds. The Kier molecular flexibility index (Phi) is 2.92. The average Bonchev–Trinajstić information content (AvgIpc) is 2.70. The predicted octanol–water partition coefficient (Wildman–Crippen LogP) is 2.99. The summed E-state index contributed by atoms with van der Waals surface area (Å²) in [4.78, 5) is 16.8. The van der Waals surface area contributed by atoms with Crippen LogP contribution in [0, 0.1) is 0 Å². The largest absolute Gasteiger partial charge is 0.358 e. The fraction of sp³-hybridized carbons (Fsp3) is 0.357. The first-order chi connectivity index (χ1) is 7.99. The first kappa shape index (κ1) is 11.7. The Morgan fingerprint density at radius 3 is 2.53 bits per heavy atom. The van der Waals surface area contributed by atoms with Crippen LogP contribution in [0.3, 0.4) is 0 Å². The van der Waals surface area contributed by atoms with E-state index in [0.29, 0.717) is 5.92 Å². The smallest absolute Gasteiger partial charge is 0.253 e. The lowest BCUT2D eigenvalue weighted by molar-refractivity contribution is 0.0828. The zero-order valence-corrected chi connectivity index (χ0v) is 10.7. The number of amides is 1. The molecule has 0 aliphatic heterocycles. The molecule has 17 heavy (non-hydrogen) atoms. The Morgan fingerprint density at radius 1 is 1.24 bits per heavy atom. The van der Waals surface area contributed by atoms with E-state index in [1.807, 2.05) is 18.2 Å². The van der Waals surface area contributed by atoms with Crippen LogP contribution in [0.5, 0.6) is 0 Å². The van der Waals surface area contributed by atoms with Gasteiger partial charge in [0, 0.05) is 30.9 Å². The molecule has 0 atom stereocenters. The summed E-state index contributed by atoms with van der Waals surface area (Å²) in [6, 6.07) is 7.94. The number of aromatic nitrogens is 1. The average molecular weight is 230 g/mol. The minimum absolute atomic E-state index is 0.0348. The van der Waals surface area contributed by atoms with Crippen molar-refractivity contribution in [3.05, 3.63) is 35.5 Å². The van der Waals surface area contributed by atoms with Crippen LogP contribution in [0.4, 0.5) is 0 Å². The third kappa shape index (κ3) is 2.18. The highest BCUT2D eigenvalue weighted by Crippen LogP contribution is 2.22. The summed E-state index contributed by atoms with van der Waals surface area (Å²) in [7, 11) is 3.53. The first-order valence-corrected chi connectivity index (χ1v) is 5.83. The van der Waals surface area contributed by atoms with Gasteiger partial charge in [0.15, 0.2) is 0 Å². The lowest BCUT2D eigenvalue weighted by Crippen LogP contribution is -2.21. The molecule has 0 unspecified atom stereocenters. The molecule has 2 rings (SSSR count). The van der Waals surface area contributed by atoms with Crippen LogP contribution in [-0.2, 0) is 0 Å². The van der Waals surface area contributed by atoms with Crippen LogP contribution in [-0.4, -0.2) is 29.9 Å². The molecule has 1 aromatic heterocycles. The monoisotopic (exact) mass is 230 g/mol. The van der Waals surface area contributed by atoms with Gasteiger partial charge < -0.3 is 9.88 Å². The number of hydrogen-bond donors (Lipinski definition) is 1.